The van der Waals surface area contributed by atoms with E-state index in [4.69, 9.17) is 40.9 Å². The van der Waals surface area contributed by atoms with Gasteiger partial charge < -0.3 is 40.9 Å². The van der Waals surface area contributed by atoms with E-state index in [0.29, 0.717) is 0 Å². The van der Waals surface area contributed by atoms with E-state index in [1.54, 1.807) is 0 Å². The normalized spacial score (nSPS) is 12.6. The Morgan fingerprint density at radius 3 is 0.520 bits per heavy atom. The van der Waals surface area contributed by atoms with Gasteiger partial charge in [0, 0.05) is 0 Å². The molecule has 12 nitrogen and oxygen atoms in total. The van der Waals surface area contributed by atoms with Crippen LogP contribution in [0.2, 0.25) is 0 Å². The first-order valence-electron chi connectivity index (χ1n) is 4.57. The summed E-state index contributed by atoms with van der Waals surface area (Å²) in [4.78, 5) is 39.1. The average molecular weight is 501 g/mol. The number of carboxylic acids is 4. The molecule has 0 aliphatic rings. The molecular formula is C8H17K5O12. The van der Waals surface area contributed by atoms with Crippen LogP contribution < -0.4 is 0 Å². The van der Waals surface area contributed by atoms with Crippen LogP contribution in [0.25, 0.3) is 0 Å². The van der Waals surface area contributed by atoms with Crippen molar-refractivity contribution in [2.24, 2.45) is 0 Å². The van der Waals surface area contributed by atoms with Gasteiger partial charge in [-0.05, 0) is 0 Å². The third-order valence-electron chi connectivity index (χ3n) is 1.61. The Hall–Kier alpha value is 5.90. The minimum absolute atomic E-state index is 0. The van der Waals surface area contributed by atoms with Crippen molar-refractivity contribution in [1.29, 1.82) is 0 Å². The fraction of sp³-hybridized carbons (Fsp3) is 0.500. The van der Waals surface area contributed by atoms with Gasteiger partial charge in [0.15, 0.2) is 24.4 Å². The first-order valence-corrected chi connectivity index (χ1v) is 4.57. The zero-order valence-electron chi connectivity index (χ0n) is 9.52. The Morgan fingerprint density at radius 2 is 0.480 bits per heavy atom. The topological polar surface area (TPSA) is 230 Å². The molecule has 0 rings (SSSR count). The van der Waals surface area contributed by atoms with Crippen molar-refractivity contribution in [2.75, 3.05) is 0 Å². The van der Waals surface area contributed by atoms with Crippen LogP contribution in [0.4, 0.5) is 0 Å². The van der Waals surface area contributed by atoms with Crippen LogP contribution in [0.3, 0.4) is 0 Å². The standard InChI is InChI=1S/2C4H6O6.5K.5H/c2*5-1(3(7)8)2(6)4(9)10;;;;;;;;;;/h2*1-2,5-6H,(H,7,8)(H,9,10);;;;;;;;;;. The maximum atomic E-state index is 9.77. The molecule has 4 atom stereocenters. The van der Waals surface area contributed by atoms with Crippen molar-refractivity contribution in [3.05, 3.63) is 0 Å². The fourth-order valence-electron chi connectivity index (χ4n) is 0.540. The predicted octanol–water partition coefficient (Wildman–Crippen LogP) is -7.49. The molecular weight excluding hydrogens is 484 g/mol. The van der Waals surface area contributed by atoms with E-state index in [1.165, 1.54) is 0 Å². The predicted molar refractivity (Wildman–Crippen MR) is 90.3 cm³/mol. The third kappa shape index (κ3) is 26.0. The summed E-state index contributed by atoms with van der Waals surface area (Å²) < 4.78 is 0. The van der Waals surface area contributed by atoms with Crippen LogP contribution >= 0.6 is 0 Å². The Kier molecular flexibility index (Phi) is 54.0. The van der Waals surface area contributed by atoms with Crippen LogP contribution in [0, 0.1) is 0 Å². The van der Waals surface area contributed by atoms with Gasteiger partial charge in [-0.25, -0.2) is 19.2 Å². The van der Waals surface area contributed by atoms with Gasteiger partial charge in [-0.3, -0.25) is 0 Å². The molecule has 0 heterocycles. The molecule has 25 heavy (non-hydrogen) atoms. The molecule has 0 saturated carbocycles. The first kappa shape index (κ1) is 48.4. The Bertz CT molecular complexity index is 322. The SMILES string of the molecule is O=C(O)C(O)C(O)C(=O)O.O=C(O)C(O)C(O)C(=O)O.[KH].[KH].[KH].[KH].[KH]. The number of carboxylic acid groups (broad SMARTS) is 4. The summed E-state index contributed by atoms with van der Waals surface area (Å²) in [6.07, 6.45) is -9.06. The summed E-state index contributed by atoms with van der Waals surface area (Å²) in [7, 11) is 0. The van der Waals surface area contributed by atoms with E-state index in [0.717, 1.165) is 0 Å². The molecule has 0 aliphatic carbocycles. The van der Waals surface area contributed by atoms with Gasteiger partial charge >= 0.3 is 281 Å². The summed E-state index contributed by atoms with van der Waals surface area (Å²) in [5.74, 6) is -7.07. The summed E-state index contributed by atoms with van der Waals surface area (Å²) in [6.45, 7) is 0. The number of aliphatic hydroxyl groups is 4. The zero-order valence-corrected chi connectivity index (χ0v) is 9.52. The summed E-state index contributed by atoms with van der Waals surface area (Å²) in [5, 5.41) is 65.1. The third-order valence-corrected chi connectivity index (χ3v) is 1.61. The minimum atomic E-state index is -2.27. The number of hydrogen-bond donors (Lipinski definition) is 8. The number of rotatable bonds is 6. The van der Waals surface area contributed by atoms with Gasteiger partial charge in [-0.2, -0.15) is 0 Å². The molecule has 0 saturated heterocycles. The second-order valence-corrected chi connectivity index (χ2v) is 3.13. The van der Waals surface area contributed by atoms with Crippen LogP contribution in [-0.2, 0) is 19.2 Å². The quantitative estimate of drug-likeness (QED) is 0.159. The molecule has 0 spiro atoms. The molecule has 0 radical (unpaired) electrons. The molecule has 0 aliphatic heterocycles. The van der Waals surface area contributed by atoms with Crippen molar-refractivity contribution in [3.8, 4) is 0 Å². The molecule has 0 aromatic carbocycles. The molecule has 0 aromatic rings. The molecule has 17 heteroatoms. The molecule has 0 aromatic heterocycles. The number of aliphatic carboxylic acids is 4. The Morgan fingerprint density at radius 1 is 0.400 bits per heavy atom. The van der Waals surface area contributed by atoms with E-state index < -0.39 is 48.3 Å². The van der Waals surface area contributed by atoms with Crippen molar-refractivity contribution in [2.45, 2.75) is 24.4 Å². The van der Waals surface area contributed by atoms with Crippen LogP contribution in [0.5, 0.6) is 0 Å². The van der Waals surface area contributed by atoms with Gasteiger partial charge in [0.1, 0.15) is 0 Å². The summed E-state index contributed by atoms with van der Waals surface area (Å²) in [6, 6.07) is 0. The molecule has 0 amide bonds. The van der Waals surface area contributed by atoms with E-state index in [-0.39, 0.29) is 257 Å². The Labute approximate surface area is 354 Å². The number of hydrogen-bond acceptors (Lipinski definition) is 8. The monoisotopic (exact) mass is 500 g/mol. The first-order chi connectivity index (χ1) is 8.93. The van der Waals surface area contributed by atoms with E-state index in [1.807, 2.05) is 0 Å². The van der Waals surface area contributed by atoms with Crippen molar-refractivity contribution in [1.82, 2.24) is 0 Å². The molecule has 0 fully saturated rings. The number of carbonyl (C=O) groups is 4. The van der Waals surface area contributed by atoms with Crippen molar-refractivity contribution >= 4 is 281 Å². The van der Waals surface area contributed by atoms with Gasteiger partial charge in [-0.1, -0.05) is 0 Å². The number of aliphatic hydroxyl groups excluding tert-OH is 4. The maximum absolute atomic E-state index is 9.77. The van der Waals surface area contributed by atoms with Gasteiger partial charge in [0.2, 0.25) is 0 Å². The van der Waals surface area contributed by atoms with E-state index >= 15 is 0 Å². The molecule has 4 unspecified atom stereocenters. The zero-order chi connectivity index (χ0) is 16.6. The molecule has 126 valence electrons. The van der Waals surface area contributed by atoms with Gasteiger partial charge in [0.25, 0.3) is 0 Å². The van der Waals surface area contributed by atoms with Crippen molar-refractivity contribution < 1.29 is 60.0 Å². The molecule has 8 N–H and O–H groups in total. The van der Waals surface area contributed by atoms with E-state index in [9.17, 15) is 19.2 Å². The van der Waals surface area contributed by atoms with Gasteiger partial charge in [0.05, 0.1) is 0 Å². The second-order valence-electron chi connectivity index (χ2n) is 3.13. The van der Waals surface area contributed by atoms with E-state index in [2.05, 4.69) is 0 Å². The second kappa shape index (κ2) is 27.9. The van der Waals surface area contributed by atoms with Gasteiger partial charge in [-0.15, -0.1) is 0 Å². The van der Waals surface area contributed by atoms with Crippen LogP contribution in [0.15, 0.2) is 0 Å². The average Bonchev–Trinajstić information content (AvgIpc) is 2.35. The fourth-order valence-corrected chi connectivity index (χ4v) is 0.540. The summed E-state index contributed by atoms with van der Waals surface area (Å²) in [5.41, 5.74) is 0. The summed E-state index contributed by atoms with van der Waals surface area (Å²) >= 11 is 0. The molecule has 0 bridgehead atoms. The van der Waals surface area contributed by atoms with Crippen LogP contribution in [0.1, 0.15) is 0 Å². The van der Waals surface area contributed by atoms with Crippen molar-refractivity contribution in [3.63, 3.8) is 0 Å². The Balaban J connectivity index is -0.0000000432. The van der Waals surface area contributed by atoms with Crippen LogP contribution in [-0.4, -0.2) is 346 Å².